The van der Waals surface area contributed by atoms with Crippen molar-refractivity contribution in [3.8, 4) is 28.1 Å². The summed E-state index contributed by atoms with van der Waals surface area (Å²) < 4.78 is 20.1. The number of aromatic nitrogens is 2. The molecule has 4 rings (SSSR count). The van der Waals surface area contributed by atoms with E-state index in [1.165, 1.54) is 12.1 Å². The van der Waals surface area contributed by atoms with Crippen molar-refractivity contribution in [1.29, 1.82) is 0 Å². The van der Waals surface area contributed by atoms with E-state index in [2.05, 4.69) is 15.3 Å². The van der Waals surface area contributed by atoms with Crippen LogP contribution in [0.5, 0.6) is 5.75 Å². The van der Waals surface area contributed by atoms with Crippen LogP contribution >= 0.6 is 11.6 Å². The van der Waals surface area contributed by atoms with Gasteiger partial charge in [0, 0.05) is 34.1 Å². The minimum atomic E-state index is -0.398. The highest BCUT2D eigenvalue weighted by Gasteiger charge is 2.21. The molecular weight excluding hydrogens is 343 g/mol. The highest BCUT2D eigenvalue weighted by atomic mass is 35.5. The van der Waals surface area contributed by atoms with Crippen LogP contribution in [0, 0.1) is 5.82 Å². The number of hydrogen-bond donors (Lipinski definition) is 2. The molecule has 3 N–H and O–H groups in total. The first-order chi connectivity index (χ1) is 12.1. The number of rotatable bonds is 2. The molecule has 25 heavy (non-hydrogen) atoms. The highest BCUT2D eigenvalue weighted by molar-refractivity contribution is 6.30. The number of halogens is 2. The summed E-state index contributed by atoms with van der Waals surface area (Å²) in [6.45, 7) is 1.14. The molecule has 0 unspecified atom stereocenters. The lowest BCUT2D eigenvalue weighted by Gasteiger charge is -2.22. The topological polar surface area (TPSA) is 73.1 Å². The Morgan fingerprint density at radius 1 is 1.16 bits per heavy atom. The molecule has 1 aliphatic rings. The monoisotopic (exact) mass is 356 g/mol. The zero-order valence-corrected chi connectivity index (χ0v) is 13.8. The molecule has 5 nitrogen and oxygen atoms in total. The molecule has 3 aromatic rings. The van der Waals surface area contributed by atoms with E-state index < -0.39 is 5.82 Å². The average molecular weight is 357 g/mol. The number of ether oxygens (including phenoxy) is 1. The van der Waals surface area contributed by atoms with Gasteiger partial charge in [0.25, 0.3) is 0 Å². The van der Waals surface area contributed by atoms with Crippen LogP contribution in [-0.2, 0) is 0 Å². The molecule has 0 atom stereocenters. The maximum atomic E-state index is 14.3. The van der Waals surface area contributed by atoms with E-state index in [1.54, 1.807) is 30.6 Å². The molecular formula is C18H14ClFN4O. The van der Waals surface area contributed by atoms with E-state index in [0.29, 0.717) is 46.7 Å². The number of nitrogens with two attached hydrogens (primary N) is 1. The number of hydrogen-bond acceptors (Lipinski definition) is 5. The average Bonchev–Trinajstić information content (AvgIpc) is 2.63. The van der Waals surface area contributed by atoms with Crippen LogP contribution in [0.1, 0.15) is 0 Å². The maximum absolute atomic E-state index is 14.3. The third kappa shape index (κ3) is 2.96. The lowest BCUT2D eigenvalue weighted by Crippen LogP contribution is -2.20. The Balaban J connectivity index is 1.95. The summed E-state index contributed by atoms with van der Waals surface area (Å²) in [6, 6.07) is 7.93. The SMILES string of the molecule is Nc1cncc(-c2cc(-c3cc(Cl)ccc3F)nc3c2OCCN3)c1. The zero-order valence-electron chi connectivity index (χ0n) is 13.1. The quantitative estimate of drug-likeness (QED) is 0.726. The second kappa shape index (κ2) is 6.22. The van der Waals surface area contributed by atoms with Crippen LogP contribution in [0.4, 0.5) is 15.9 Å². The summed E-state index contributed by atoms with van der Waals surface area (Å²) in [5.41, 5.74) is 8.67. The second-order valence-electron chi connectivity index (χ2n) is 5.64. The third-order valence-electron chi connectivity index (χ3n) is 3.89. The number of benzene rings is 1. The first-order valence-corrected chi connectivity index (χ1v) is 8.07. The molecule has 0 saturated heterocycles. The van der Waals surface area contributed by atoms with Gasteiger partial charge in [-0.15, -0.1) is 0 Å². The van der Waals surface area contributed by atoms with Gasteiger partial charge < -0.3 is 15.8 Å². The Labute approximate surface area is 148 Å². The van der Waals surface area contributed by atoms with Crippen molar-refractivity contribution in [2.45, 2.75) is 0 Å². The Morgan fingerprint density at radius 2 is 2.04 bits per heavy atom. The normalized spacial score (nSPS) is 12.9. The predicted molar refractivity (Wildman–Crippen MR) is 96.3 cm³/mol. The molecule has 0 amide bonds. The van der Waals surface area contributed by atoms with Gasteiger partial charge in [0.15, 0.2) is 11.6 Å². The van der Waals surface area contributed by atoms with Crippen molar-refractivity contribution in [2.24, 2.45) is 0 Å². The summed E-state index contributed by atoms with van der Waals surface area (Å²) in [4.78, 5) is 8.63. The molecule has 2 aromatic heterocycles. The van der Waals surface area contributed by atoms with Gasteiger partial charge in [-0.25, -0.2) is 9.37 Å². The van der Waals surface area contributed by atoms with E-state index in [9.17, 15) is 4.39 Å². The smallest absolute Gasteiger partial charge is 0.170 e. The van der Waals surface area contributed by atoms with Crippen molar-refractivity contribution in [2.75, 3.05) is 24.2 Å². The van der Waals surface area contributed by atoms with Gasteiger partial charge in [-0.3, -0.25) is 4.98 Å². The fourth-order valence-corrected chi connectivity index (χ4v) is 2.95. The zero-order chi connectivity index (χ0) is 17.4. The summed E-state index contributed by atoms with van der Waals surface area (Å²) in [6.07, 6.45) is 3.25. The van der Waals surface area contributed by atoms with Gasteiger partial charge in [0.2, 0.25) is 0 Å². The Morgan fingerprint density at radius 3 is 2.88 bits per heavy atom. The molecule has 1 aliphatic heterocycles. The first kappa shape index (κ1) is 15.7. The molecule has 0 radical (unpaired) electrons. The standard InChI is InChI=1S/C18H14ClFN4O/c19-11-1-2-15(20)14(6-11)16-7-13(10-5-12(21)9-22-8-10)17-18(24-16)23-3-4-25-17/h1-2,5-9H,3-4,21H2,(H,23,24). The van der Waals surface area contributed by atoms with Crippen molar-refractivity contribution in [3.05, 3.63) is 53.6 Å². The van der Waals surface area contributed by atoms with Crippen LogP contribution in [0.15, 0.2) is 42.7 Å². The van der Waals surface area contributed by atoms with Gasteiger partial charge in [-0.2, -0.15) is 0 Å². The van der Waals surface area contributed by atoms with E-state index in [0.717, 1.165) is 11.1 Å². The van der Waals surface area contributed by atoms with Crippen LogP contribution < -0.4 is 15.8 Å². The number of anilines is 2. The van der Waals surface area contributed by atoms with Crippen molar-refractivity contribution in [1.82, 2.24) is 9.97 Å². The fourth-order valence-electron chi connectivity index (χ4n) is 2.77. The van der Waals surface area contributed by atoms with Gasteiger partial charge in [0.1, 0.15) is 12.4 Å². The fraction of sp³-hybridized carbons (Fsp3) is 0.111. The minimum Gasteiger partial charge on any atom is -0.487 e. The molecule has 3 heterocycles. The summed E-state index contributed by atoms with van der Waals surface area (Å²) in [5.74, 6) is 0.760. The molecule has 0 bridgehead atoms. The van der Waals surface area contributed by atoms with Crippen LogP contribution in [0.25, 0.3) is 22.4 Å². The highest BCUT2D eigenvalue weighted by Crippen LogP contribution is 2.40. The minimum absolute atomic E-state index is 0.320. The van der Waals surface area contributed by atoms with E-state index >= 15 is 0 Å². The van der Waals surface area contributed by atoms with Crippen molar-refractivity contribution >= 4 is 23.1 Å². The Kier molecular flexibility index (Phi) is 3.89. The van der Waals surface area contributed by atoms with Gasteiger partial charge in [-0.05, 0) is 30.3 Å². The van der Waals surface area contributed by atoms with E-state index in [1.807, 2.05) is 0 Å². The summed E-state index contributed by atoms with van der Waals surface area (Å²) in [7, 11) is 0. The molecule has 0 saturated carbocycles. The Bertz CT molecular complexity index is 964. The van der Waals surface area contributed by atoms with Crippen molar-refractivity contribution in [3.63, 3.8) is 0 Å². The maximum Gasteiger partial charge on any atom is 0.170 e. The largest absolute Gasteiger partial charge is 0.487 e. The number of nitrogen functional groups attached to an aromatic ring is 1. The number of pyridine rings is 2. The number of nitrogens with zero attached hydrogens (tertiary/aromatic N) is 2. The molecule has 0 fully saturated rings. The third-order valence-corrected chi connectivity index (χ3v) is 4.12. The second-order valence-corrected chi connectivity index (χ2v) is 6.08. The first-order valence-electron chi connectivity index (χ1n) is 7.70. The van der Waals surface area contributed by atoms with Crippen molar-refractivity contribution < 1.29 is 9.13 Å². The molecule has 7 heteroatoms. The lowest BCUT2D eigenvalue weighted by atomic mass is 10.0. The van der Waals surface area contributed by atoms with Gasteiger partial charge >= 0.3 is 0 Å². The molecule has 126 valence electrons. The Hall–Kier alpha value is -2.86. The number of fused-ring (bicyclic) bond motifs is 1. The number of nitrogens with one attached hydrogen (secondary N) is 1. The van der Waals surface area contributed by atoms with E-state index in [4.69, 9.17) is 22.1 Å². The van der Waals surface area contributed by atoms with Crippen LogP contribution in [0.3, 0.4) is 0 Å². The predicted octanol–water partition coefficient (Wildman–Crippen LogP) is 3.99. The van der Waals surface area contributed by atoms with E-state index in [-0.39, 0.29) is 0 Å². The summed E-state index contributed by atoms with van der Waals surface area (Å²) >= 11 is 6.03. The molecule has 0 aliphatic carbocycles. The van der Waals surface area contributed by atoms with Crippen LogP contribution in [0.2, 0.25) is 5.02 Å². The van der Waals surface area contributed by atoms with Crippen LogP contribution in [-0.4, -0.2) is 23.1 Å². The lowest BCUT2D eigenvalue weighted by molar-refractivity contribution is 0.323. The summed E-state index contributed by atoms with van der Waals surface area (Å²) in [5, 5.41) is 3.63. The van der Waals surface area contributed by atoms with Gasteiger partial charge in [0.05, 0.1) is 17.9 Å². The van der Waals surface area contributed by atoms with Gasteiger partial charge in [-0.1, -0.05) is 11.6 Å². The molecule has 1 aromatic carbocycles. The molecule has 0 spiro atoms.